The maximum atomic E-state index is 13.7. The lowest BCUT2D eigenvalue weighted by Gasteiger charge is -2.11. The van der Waals surface area contributed by atoms with Crippen LogP contribution >= 0.6 is 0 Å². The second-order valence-corrected chi connectivity index (χ2v) is 3.90. The fourth-order valence-electron chi connectivity index (χ4n) is 1.65. The molecule has 0 atom stereocenters. The maximum Gasteiger partial charge on any atom is 0.337 e. The number of nitriles is 1. The van der Waals surface area contributed by atoms with Crippen molar-refractivity contribution in [1.29, 1.82) is 5.26 Å². The monoisotopic (exact) mass is 274 g/mol. The Hall–Kier alpha value is -2.94. The van der Waals surface area contributed by atoms with Gasteiger partial charge in [0.1, 0.15) is 11.6 Å². The molecule has 0 heterocycles. The number of carboxylic acids is 1. The Morgan fingerprint density at radius 1 is 1.20 bits per heavy atom. The van der Waals surface area contributed by atoms with E-state index in [0.29, 0.717) is 0 Å². The lowest BCUT2D eigenvalue weighted by atomic mass is 10.1. The fraction of sp³-hybridized carbons (Fsp3) is 0. The molecular weight excluding hydrogens is 266 g/mol. The third-order valence-electron chi connectivity index (χ3n) is 2.60. The number of carboxylic acid groups (broad SMARTS) is 1. The van der Waals surface area contributed by atoms with E-state index in [4.69, 9.17) is 10.4 Å². The molecule has 0 unspecified atom stereocenters. The third kappa shape index (κ3) is 2.57. The van der Waals surface area contributed by atoms with Crippen molar-refractivity contribution in [3.05, 3.63) is 59.2 Å². The molecule has 2 N–H and O–H groups in total. The number of halogens is 2. The Morgan fingerprint density at radius 2 is 1.95 bits per heavy atom. The Morgan fingerprint density at radius 3 is 2.55 bits per heavy atom. The first-order chi connectivity index (χ1) is 9.52. The van der Waals surface area contributed by atoms with Gasteiger partial charge in [0.2, 0.25) is 0 Å². The van der Waals surface area contributed by atoms with Crippen LogP contribution in [0.4, 0.5) is 20.2 Å². The van der Waals surface area contributed by atoms with Gasteiger partial charge in [0, 0.05) is 0 Å². The predicted octanol–water partition coefficient (Wildman–Crippen LogP) is 3.28. The summed E-state index contributed by atoms with van der Waals surface area (Å²) in [4.78, 5) is 11.0. The molecule has 6 heteroatoms. The van der Waals surface area contributed by atoms with Crippen LogP contribution in [0.15, 0.2) is 36.4 Å². The van der Waals surface area contributed by atoms with Crippen LogP contribution < -0.4 is 5.32 Å². The number of para-hydroxylation sites is 1. The molecule has 0 aliphatic carbocycles. The summed E-state index contributed by atoms with van der Waals surface area (Å²) in [7, 11) is 0. The number of rotatable bonds is 3. The first kappa shape index (κ1) is 13.5. The Kier molecular flexibility index (Phi) is 3.62. The highest BCUT2D eigenvalue weighted by molar-refractivity contribution is 5.95. The van der Waals surface area contributed by atoms with Crippen LogP contribution in [0, 0.1) is 23.0 Å². The normalized spacial score (nSPS) is 9.85. The van der Waals surface area contributed by atoms with Gasteiger partial charge in [-0.2, -0.15) is 5.26 Å². The van der Waals surface area contributed by atoms with Gasteiger partial charge in [-0.3, -0.25) is 0 Å². The molecule has 20 heavy (non-hydrogen) atoms. The Bertz CT molecular complexity index is 724. The van der Waals surface area contributed by atoms with Crippen LogP contribution in [0.1, 0.15) is 15.9 Å². The van der Waals surface area contributed by atoms with Crippen LogP contribution in [0.25, 0.3) is 0 Å². The summed E-state index contributed by atoms with van der Waals surface area (Å²) in [6.45, 7) is 0. The molecule has 0 saturated heterocycles. The fourth-order valence-corrected chi connectivity index (χ4v) is 1.65. The smallest absolute Gasteiger partial charge is 0.337 e. The van der Waals surface area contributed by atoms with Crippen molar-refractivity contribution in [3.8, 4) is 6.07 Å². The van der Waals surface area contributed by atoms with Crippen molar-refractivity contribution in [2.75, 3.05) is 5.32 Å². The Balaban J connectivity index is 2.45. The molecule has 2 rings (SSSR count). The molecule has 100 valence electrons. The molecule has 0 aliphatic heterocycles. The maximum absolute atomic E-state index is 13.7. The van der Waals surface area contributed by atoms with Gasteiger partial charge in [-0.15, -0.1) is 0 Å². The first-order valence-corrected chi connectivity index (χ1v) is 5.51. The van der Waals surface area contributed by atoms with Crippen LogP contribution in [0.2, 0.25) is 0 Å². The number of aromatic carboxylic acids is 1. The van der Waals surface area contributed by atoms with Crippen LogP contribution in [0.5, 0.6) is 0 Å². The second kappa shape index (κ2) is 5.36. The molecule has 4 nitrogen and oxygen atoms in total. The number of nitrogens with zero attached hydrogens (tertiary/aromatic N) is 1. The summed E-state index contributed by atoms with van der Waals surface area (Å²) in [5.41, 5.74) is -0.644. The summed E-state index contributed by atoms with van der Waals surface area (Å²) < 4.78 is 27.4. The van der Waals surface area contributed by atoms with Gasteiger partial charge in [0.25, 0.3) is 0 Å². The van der Waals surface area contributed by atoms with E-state index in [1.165, 1.54) is 24.3 Å². The summed E-state index contributed by atoms with van der Waals surface area (Å²) >= 11 is 0. The van der Waals surface area contributed by atoms with Crippen LogP contribution in [-0.2, 0) is 0 Å². The minimum atomic E-state index is -1.33. The lowest BCUT2D eigenvalue weighted by Crippen LogP contribution is -2.05. The van der Waals surface area contributed by atoms with Crippen molar-refractivity contribution in [2.24, 2.45) is 0 Å². The number of benzene rings is 2. The zero-order valence-electron chi connectivity index (χ0n) is 10.0. The molecule has 0 aromatic heterocycles. The standard InChI is InChI=1S/C14H8F2N2O2/c15-10-3-1-2-9(14(19)20)13(10)18-12-5-4-8(7-17)6-11(12)16/h1-6,18H,(H,19,20). The molecular formula is C14H8F2N2O2. The quantitative estimate of drug-likeness (QED) is 0.900. The lowest BCUT2D eigenvalue weighted by molar-refractivity contribution is 0.0697. The summed E-state index contributed by atoms with van der Waals surface area (Å²) in [6.07, 6.45) is 0. The van der Waals surface area contributed by atoms with E-state index in [9.17, 15) is 13.6 Å². The highest BCUT2D eigenvalue weighted by atomic mass is 19.1. The van der Waals surface area contributed by atoms with E-state index in [2.05, 4.69) is 5.32 Å². The van der Waals surface area contributed by atoms with Crippen molar-refractivity contribution < 1.29 is 18.7 Å². The summed E-state index contributed by atoms with van der Waals surface area (Å²) in [5.74, 6) is -2.92. The number of hydrogen-bond donors (Lipinski definition) is 2. The van der Waals surface area contributed by atoms with Crippen molar-refractivity contribution in [3.63, 3.8) is 0 Å². The van der Waals surface area contributed by atoms with E-state index in [0.717, 1.165) is 12.1 Å². The molecule has 0 amide bonds. The van der Waals surface area contributed by atoms with Gasteiger partial charge in [-0.25, -0.2) is 13.6 Å². The van der Waals surface area contributed by atoms with Crippen molar-refractivity contribution in [2.45, 2.75) is 0 Å². The average molecular weight is 274 g/mol. The molecule has 0 fully saturated rings. The van der Waals surface area contributed by atoms with Crippen LogP contribution in [0.3, 0.4) is 0 Å². The number of anilines is 2. The summed E-state index contributed by atoms with van der Waals surface area (Å²) in [6, 6.07) is 8.84. The van der Waals surface area contributed by atoms with Gasteiger partial charge < -0.3 is 10.4 Å². The number of hydrogen-bond acceptors (Lipinski definition) is 3. The second-order valence-electron chi connectivity index (χ2n) is 3.90. The largest absolute Gasteiger partial charge is 0.478 e. The van der Waals surface area contributed by atoms with Crippen LogP contribution in [-0.4, -0.2) is 11.1 Å². The first-order valence-electron chi connectivity index (χ1n) is 5.51. The van der Waals surface area contributed by atoms with Crippen molar-refractivity contribution in [1.82, 2.24) is 0 Å². The van der Waals surface area contributed by atoms with Gasteiger partial charge in [0.05, 0.1) is 28.6 Å². The molecule has 0 spiro atoms. The van der Waals surface area contributed by atoms with E-state index in [-0.39, 0.29) is 22.5 Å². The third-order valence-corrected chi connectivity index (χ3v) is 2.60. The van der Waals surface area contributed by atoms with Gasteiger partial charge >= 0.3 is 5.97 Å². The summed E-state index contributed by atoms with van der Waals surface area (Å²) in [5, 5.41) is 20.0. The minimum absolute atomic E-state index is 0.111. The predicted molar refractivity (Wildman–Crippen MR) is 67.8 cm³/mol. The molecule has 2 aromatic carbocycles. The molecule has 0 saturated carbocycles. The Labute approximate surface area is 112 Å². The molecule has 0 bridgehead atoms. The molecule has 0 radical (unpaired) electrons. The SMILES string of the molecule is N#Cc1ccc(Nc2c(F)cccc2C(=O)O)c(F)c1. The number of carbonyl (C=O) groups is 1. The van der Waals surface area contributed by atoms with Crippen molar-refractivity contribution >= 4 is 17.3 Å². The number of nitrogens with one attached hydrogen (secondary N) is 1. The van der Waals surface area contributed by atoms with E-state index in [1.807, 2.05) is 0 Å². The topological polar surface area (TPSA) is 73.1 Å². The molecule has 2 aromatic rings. The molecule has 0 aliphatic rings. The van der Waals surface area contributed by atoms with Gasteiger partial charge in [0.15, 0.2) is 0 Å². The van der Waals surface area contributed by atoms with Gasteiger partial charge in [-0.05, 0) is 30.3 Å². The van der Waals surface area contributed by atoms with E-state index >= 15 is 0 Å². The average Bonchev–Trinajstić information content (AvgIpc) is 2.42. The van der Waals surface area contributed by atoms with E-state index < -0.39 is 17.6 Å². The highest BCUT2D eigenvalue weighted by Crippen LogP contribution is 2.26. The zero-order chi connectivity index (χ0) is 14.7. The highest BCUT2D eigenvalue weighted by Gasteiger charge is 2.15. The minimum Gasteiger partial charge on any atom is -0.478 e. The zero-order valence-corrected chi connectivity index (χ0v) is 10.0. The van der Waals surface area contributed by atoms with Gasteiger partial charge in [-0.1, -0.05) is 6.07 Å². The van der Waals surface area contributed by atoms with E-state index in [1.54, 1.807) is 6.07 Å².